The molecule has 1 unspecified atom stereocenters. The molecule has 0 saturated carbocycles. The Balaban J connectivity index is 1.06. The van der Waals surface area contributed by atoms with Gasteiger partial charge in [-0.1, -0.05) is 177 Å². The minimum atomic E-state index is -0.154. The summed E-state index contributed by atoms with van der Waals surface area (Å²) in [5.74, 6) is 3.66. The van der Waals surface area contributed by atoms with Gasteiger partial charge in [0, 0.05) is 59.4 Å². The molecule has 0 amide bonds. The van der Waals surface area contributed by atoms with E-state index in [4.69, 9.17) is 9.72 Å². The summed E-state index contributed by atoms with van der Waals surface area (Å²) < 4.78 is 10.7. The van der Waals surface area contributed by atoms with Crippen LogP contribution in [0.5, 0.6) is 11.5 Å². The highest BCUT2D eigenvalue weighted by Gasteiger charge is 2.78. The summed E-state index contributed by atoms with van der Waals surface area (Å²) >= 11 is 0. The summed E-state index contributed by atoms with van der Waals surface area (Å²) in [7, 11) is 0. The van der Waals surface area contributed by atoms with E-state index < -0.39 is 0 Å². The third kappa shape index (κ3) is 8.01. The second-order valence-corrected chi connectivity index (χ2v) is 25.4. The van der Waals surface area contributed by atoms with Gasteiger partial charge in [0.05, 0.1) is 11.0 Å². The Morgan fingerprint density at radius 3 is 1.72 bits per heavy atom. The first-order valence-electron chi connectivity index (χ1n) is 27.0. The van der Waals surface area contributed by atoms with E-state index in [1.807, 2.05) is 6.20 Å². The molecule has 0 radical (unpaired) electrons. The van der Waals surface area contributed by atoms with Crippen molar-refractivity contribution in [2.24, 2.45) is 0 Å². The molecule has 9 aromatic rings. The SMILES string of the molecule is CC(C)c1cc(C(C)C)c(-c2ccnc(-n3c4ccccc4c4ccc(Oc5cc(C(C)(C)C)cc([N+]67[CH-][N@+]6(c6cc(-c8ccccc8)cc(C(C)(C)C)c6)c6ccc(C(C)(C)C)cc67)c5)cc43)c2)c(C(C)C)c1. The zero-order valence-electron chi connectivity index (χ0n) is 46.5. The lowest BCUT2D eigenvalue weighted by molar-refractivity contribution is 0.419. The van der Waals surface area contributed by atoms with Gasteiger partial charge in [-0.3, -0.25) is 4.57 Å². The largest absolute Gasteiger partial charge is 0.457 e. The smallest absolute Gasteiger partial charge is 0.225 e. The number of fused-ring (bicyclic) bond motifs is 7. The molecule has 7 aromatic carbocycles. The van der Waals surface area contributed by atoms with Gasteiger partial charge < -0.3 is 4.74 Å². The number of rotatable bonds is 10. The highest BCUT2D eigenvalue weighted by molar-refractivity contribution is 6.09. The van der Waals surface area contributed by atoms with E-state index in [1.165, 1.54) is 83.8 Å². The maximum absolute atomic E-state index is 7.22. The molecule has 0 aliphatic carbocycles. The van der Waals surface area contributed by atoms with Gasteiger partial charge in [0.2, 0.25) is 11.4 Å². The predicted octanol–water partition coefficient (Wildman–Crippen LogP) is 19.9. The quantitative estimate of drug-likeness (QED) is 0.0776. The molecule has 376 valence electrons. The lowest BCUT2D eigenvalue weighted by atomic mass is 9.82. The second-order valence-electron chi connectivity index (χ2n) is 25.4. The Morgan fingerprint density at radius 1 is 0.459 bits per heavy atom. The Morgan fingerprint density at radius 2 is 1.07 bits per heavy atom. The standard InChI is InChI=1S/C69H75N4O/c1-43(2)48-33-59(44(3)4)66(60(34-48)45(5)6)47-29-30-70-65(35-47)71-61-24-20-19-23-57(61)58-27-26-55(41-62(58)71)74-56-38-52(69(13,14)15)37-54(40-56)73-42-72(73,63-28-25-50(39-64(63)73)67(7,8)9)53-32-49(46-21-17-16-18-22-46)31-51(36-53)68(10,11)12/h16-45H,1-15H3/q+1/t72-,73?/m0/s1. The maximum Gasteiger partial charge on any atom is 0.225 e. The number of para-hydroxylation sites is 1. The number of benzene rings is 7. The molecule has 74 heavy (non-hydrogen) atoms. The Labute approximate surface area is 441 Å². The molecular formula is C69H75N4O+. The van der Waals surface area contributed by atoms with Gasteiger partial charge in [0.25, 0.3) is 0 Å². The van der Waals surface area contributed by atoms with Crippen molar-refractivity contribution >= 4 is 44.6 Å². The van der Waals surface area contributed by atoms with Crippen LogP contribution in [0.2, 0.25) is 0 Å². The van der Waals surface area contributed by atoms with Crippen molar-refractivity contribution in [1.29, 1.82) is 0 Å². The van der Waals surface area contributed by atoms with Crippen LogP contribution in [0.3, 0.4) is 0 Å². The predicted molar refractivity (Wildman–Crippen MR) is 314 cm³/mol. The van der Waals surface area contributed by atoms with E-state index in [2.05, 4.69) is 267 Å². The lowest BCUT2D eigenvalue weighted by Crippen LogP contribution is -2.47. The summed E-state index contributed by atoms with van der Waals surface area (Å²) in [5, 5.41) is 2.35. The summed E-state index contributed by atoms with van der Waals surface area (Å²) in [4.78, 5) is 5.14. The monoisotopic (exact) mass is 976 g/mol. The van der Waals surface area contributed by atoms with E-state index >= 15 is 0 Å². The summed E-state index contributed by atoms with van der Waals surface area (Å²) in [6.07, 6.45) is 1.99. The molecular weight excluding hydrogens is 901 g/mol. The molecule has 4 heterocycles. The van der Waals surface area contributed by atoms with Gasteiger partial charge in [-0.2, -0.15) is 9.18 Å². The topological polar surface area (TPSA) is 27.1 Å². The first-order chi connectivity index (χ1) is 35.0. The number of nitrogens with zero attached hydrogens (tertiary/aromatic N) is 4. The normalized spacial score (nSPS) is 17.5. The maximum atomic E-state index is 7.22. The van der Waals surface area contributed by atoms with Crippen molar-refractivity contribution in [3.05, 3.63) is 198 Å². The molecule has 1 fully saturated rings. The number of aromatic nitrogens is 2. The highest BCUT2D eigenvalue weighted by atomic mass is 16.5. The fraction of sp³-hybridized carbons (Fsp3) is 0.304. The molecule has 5 nitrogen and oxygen atoms in total. The zero-order chi connectivity index (χ0) is 52.4. The van der Waals surface area contributed by atoms with Crippen LogP contribution in [0.1, 0.15) is 155 Å². The lowest BCUT2D eigenvalue weighted by Gasteiger charge is -2.41. The molecule has 5 heteroatoms. The molecule has 0 N–H and O–H groups in total. The van der Waals surface area contributed by atoms with E-state index in [1.54, 1.807) is 0 Å². The van der Waals surface area contributed by atoms with Crippen LogP contribution in [-0.4, -0.2) is 9.55 Å². The molecule has 0 spiro atoms. The van der Waals surface area contributed by atoms with Crippen molar-refractivity contribution < 1.29 is 4.74 Å². The third-order valence-electron chi connectivity index (χ3n) is 16.1. The van der Waals surface area contributed by atoms with Crippen molar-refractivity contribution in [3.8, 4) is 39.6 Å². The highest BCUT2D eigenvalue weighted by Crippen LogP contribution is 2.76. The van der Waals surface area contributed by atoms with Gasteiger partial charge in [-0.15, -0.1) is 0 Å². The molecule has 0 bridgehead atoms. The second kappa shape index (κ2) is 17.4. The zero-order valence-corrected chi connectivity index (χ0v) is 46.5. The minimum absolute atomic E-state index is 0.0144. The fourth-order valence-electron chi connectivity index (χ4n) is 11.7. The van der Waals surface area contributed by atoms with Crippen molar-refractivity contribution in [3.63, 3.8) is 0 Å². The number of ether oxygens (including phenoxy) is 1. The van der Waals surface area contributed by atoms with Crippen LogP contribution in [-0.2, 0) is 16.2 Å². The molecule has 2 aliphatic rings. The molecule has 1 saturated heterocycles. The van der Waals surface area contributed by atoms with E-state index in [0.717, 1.165) is 33.7 Å². The molecule has 2 atom stereocenters. The van der Waals surface area contributed by atoms with E-state index in [9.17, 15) is 0 Å². The Bertz CT molecular complexity index is 3640. The average Bonchev–Trinajstić information content (AvgIpc) is 3.88. The third-order valence-corrected chi connectivity index (χ3v) is 16.1. The van der Waals surface area contributed by atoms with Crippen molar-refractivity contribution in [2.75, 3.05) is 0 Å². The first-order valence-corrected chi connectivity index (χ1v) is 27.0. The molecule has 2 aromatic heterocycles. The number of pyridine rings is 1. The Hall–Kier alpha value is -6.79. The average molecular weight is 976 g/mol. The fourth-order valence-corrected chi connectivity index (χ4v) is 11.7. The van der Waals surface area contributed by atoms with Crippen molar-refractivity contribution in [1.82, 2.24) is 18.7 Å². The van der Waals surface area contributed by atoms with Crippen LogP contribution in [0.4, 0.5) is 22.7 Å². The number of hydrogen-bond donors (Lipinski definition) is 0. The van der Waals surface area contributed by atoms with Crippen molar-refractivity contribution in [2.45, 2.75) is 138 Å². The van der Waals surface area contributed by atoms with E-state index in [0.29, 0.717) is 26.9 Å². The Kier molecular flexibility index (Phi) is 11.6. The van der Waals surface area contributed by atoms with Crippen LogP contribution >= 0.6 is 0 Å². The number of quaternary nitrogens is 2. The van der Waals surface area contributed by atoms with Crippen LogP contribution in [0.15, 0.2) is 158 Å². The van der Waals surface area contributed by atoms with E-state index in [-0.39, 0.29) is 16.2 Å². The minimum Gasteiger partial charge on any atom is -0.457 e. The van der Waals surface area contributed by atoms with Crippen LogP contribution < -0.4 is 13.9 Å². The molecule has 2 aliphatic heterocycles. The van der Waals surface area contributed by atoms with Gasteiger partial charge in [-0.05, 0) is 126 Å². The van der Waals surface area contributed by atoms with Crippen LogP contribution in [0.25, 0.3) is 49.9 Å². The van der Waals surface area contributed by atoms with Gasteiger partial charge >= 0.3 is 0 Å². The van der Waals surface area contributed by atoms with Crippen LogP contribution in [0, 0.1) is 6.67 Å². The summed E-state index contributed by atoms with van der Waals surface area (Å²) in [6.45, 7) is 37.3. The van der Waals surface area contributed by atoms with Gasteiger partial charge in [0.15, 0.2) is 18.0 Å². The number of hydrogen-bond acceptors (Lipinski definition) is 2. The first kappa shape index (κ1) is 49.4. The summed E-state index contributed by atoms with van der Waals surface area (Å²) in [6, 6.07) is 57.0. The van der Waals surface area contributed by atoms with Gasteiger partial charge in [0.1, 0.15) is 17.3 Å². The molecule has 11 rings (SSSR count). The summed E-state index contributed by atoms with van der Waals surface area (Å²) in [5.41, 5.74) is 20.1. The van der Waals surface area contributed by atoms with Gasteiger partial charge in [-0.25, -0.2) is 4.98 Å².